The zero-order chi connectivity index (χ0) is 13.1. The molecule has 1 fully saturated rings. The second kappa shape index (κ2) is 5.88. The average Bonchev–Trinajstić information content (AvgIpc) is 2.41. The number of halogens is 1. The molecule has 0 spiro atoms. The highest BCUT2D eigenvalue weighted by atomic mass is 127. The van der Waals surface area contributed by atoms with Crippen LogP contribution in [0.2, 0.25) is 0 Å². The summed E-state index contributed by atoms with van der Waals surface area (Å²) >= 11 is 2.27. The molecule has 1 heterocycles. The van der Waals surface area contributed by atoms with Crippen molar-refractivity contribution in [2.75, 3.05) is 38.2 Å². The lowest BCUT2D eigenvalue weighted by Crippen LogP contribution is -2.43. The van der Waals surface area contributed by atoms with E-state index in [9.17, 15) is 4.79 Å². The van der Waals surface area contributed by atoms with Crippen molar-refractivity contribution in [1.82, 2.24) is 5.32 Å². The zero-order valence-corrected chi connectivity index (χ0v) is 12.8. The smallest absolute Gasteiger partial charge is 0.338 e. The summed E-state index contributed by atoms with van der Waals surface area (Å²) in [7, 11) is 1.42. The lowest BCUT2D eigenvalue weighted by atomic mass is 10.1. The van der Waals surface area contributed by atoms with Crippen molar-refractivity contribution >= 4 is 34.2 Å². The van der Waals surface area contributed by atoms with Gasteiger partial charge in [0.05, 0.1) is 12.7 Å². The van der Waals surface area contributed by atoms with Crippen molar-refractivity contribution in [3.63, 3.8) is 0 Å². The third kappa shape index (κ3) is 2.77. The van der Waals surface area contributed by atoms with E-state index in [0.29, 0.717) is 5.56 Å². The van der Waals surface area contributed by atoms with Crippen LogP contribution in [0.15, 0.2) is 12.1 Å². The monoisotopic (exact) mass is 360 g/mol. The molecule has 0 saturated carbocycles. The molecule has 5 heteroatoms. The van der Waals surface area contributed by atoms with Gasteiger partial charge in [-0.2, -0.15) is 0 Å². The van der Waals surface area contributed by atoms with Crippen LogP contribution in [0.4, 0.5) is 5.69 Å². The normalized spacial score (nSPS) is 15.6. The third-order valence-electron chi connectivity index (χ3n) is 3.22. The Labute approximate surface area is 121 Å². The van der Waals surface area contributed by atoms with E-state index in [0.717, 1.165) is 41.0 Å². The number of hydrogen-bond donors (Lipinski definition) is 1. The van der Waals surface area contributed by atoms with E-state index in [4.69, 9.17) is 4.74 Å². The minimum atomic E-state index is -0.262. The van der Waals surface area contributed by atoms with Gasteiger partial charge in [0.15, 0.2) is 0 Å². The van der Waals surface area contributed by atoms with Gasteiger partial charge >= 0.3 is 5.97 Å². The van der Waals surface area contributed by atoms with Crippen molar-refractivity contribution in [2.24, 2.45) is 0 Å². The second-order valence-electron chi connectivity index (χ2n) is 4.33. The molecule has 1 aliphatic heterocycles. The molecule has 0 atom stereocenters. The molecule has 4 nitrogen and oxygen atoms in total. The standard InChI is InChI=1S/C13H17IN2O2/c1-9-11(13(17)18-2)7-10(8-12(9)14)16-5-3-15-4-6-16/h7-8,15H,3-6H2,1-2H3. The van der Waals surface area contributed by atoms with Crippen LogP contribution in [0, 0.1) is 10.5 Å². The number of methoxy groups -OCH3 is 1. The Bertz CT molecular complexity index is 457. The van der Waals surface area contributed by atoms with E-state index in [1.807, 2.05) is 13.0 Å². The van der Waals surface area contributed by atoms with Crippen LogP contribution in [0.3, 0.4) is 0 Å². The van der Waals surface area contributed by atoms with Crippen LogP contribution < -0.4 is 10.2 Å². The van der Waals surface area contributed by atoms with Crippen molar-refractivity contribution in [3.8, 4) is 0 Å². The Kier molecular flexibility index (Phi) is 4.45. The third-order valence-corrected chi connectivity index (χ3v) is 4.34. The maximum atomic E-state index is 11.8. The fraction of sp³-hybridized carbons (Fsp3) is 0.462. The van der Waals surface area contributed by atoms with Gasteiger partial charge in [0, 0.05) is 35.4 Å². The van der Waals surface area contributed by atoms with Gasteiger partial charge in [0.25, 0.3) is 0 Å². The molecule has 1 aromatic carbocycles. The number of anilines is 1. The largest absolute Gasteiger partial charge is 0.465 e. The predicted molar refractivity (Wildman–Crippen MR) is 80.3 cm³/mol. The molecule has 18 heavy (non-hydrogen) atoms. The number of nitrogens with zero attached hydrogens (tertiary/aromatic N) is 1. The summed E-state index contributed by atoms with van der Waals surface area (Å²) in [6.07, 6.45) is 0. The summed E-state index contributed by atoms with van der Waals surface area (Å²) < 4.78 is 5.94. The summed E-state index contributed by atoms with van der Waals surface area (Å²) in [6, 6.07) is 4.07. The summed E-state index contributed by atoms with van der Waals surface area (Å²) in [6.45, 7) is 5.87. The van der Waals surface area contributed by atoms with Gasteiger partial charge < -0.3 is 15.0 Å². The summed E-state index contributed by atoms with van der Waals surface area (Å²) in [4.78, 5) is 14.1. The number of ether oxygens (including phenoxy) is 1. The number of nitrogens with one attached hydrogen (secondary N) is 1. The van der Waals surface area contributed by atoms with Crippen LogP contribution in [-0.4, -0.2) is 39.3 Å². The van der Waals surface area contributed by atoms with Crippen LogP contribution in [-0.2, 0) is 4.74 Å². The fourth-order valence-corrected chi connectivity index (χ4v) is 2.70. The van der Waals surface area contributed by atoms with E-state index < -0.39 is 0 Å². The summed E-state index contributed by atoms with van der Waals surface area (Å²) in [5.41, 5.74) is 2.76. The van der Waals surface area contributed by atoms with Crippen LogP contribution in [0.1, 0.15) is 15.9 Å². The summed E-state index contributed by atoms with van der Waals surface area (Å²) in [5, 5.41) is 3.32. The Morgan fingerprint density at radius 3 is 2.67 bits per heavy atom. The van der Waals surface area contributed by atoms with E-state index in [-0.39, 0.29) is 5.97 Å². The summed E-state index contributed by atoms with van der Waals surface area (Å²) in [5.74, 6) is -0.262. The number of carbonyl (C=O) groups is 1. The molecular formula is C13H17IN2O2. The molecule has 0 amide bonds. The first-order valence-corrected chi connectivity index (χ1v) is 7.05. The number of carbonyl (C=O) groups excluding carboxylic acids is 1. The molecule has 1 aromatic rings. The van der Waals surface area contributed by atoms with Crippen molar-refractivity contribution in [3.05, 3.63) is 26.8 Å². The van der Waals surface area contributed by atoms with Gasteiger partial charge in [0.1, 0.15) is 0 Å². The first kappa shape index (κ1) is 13.6. The van der Waals surface area contributed by atoms with E-state index in [1.54, 1.807) is 0 Å². The Hall–Kier alpha value is -0.820. The maximum Gasteiger partial charge on any atom is 0.338 e. The van der Waals surface area contributed by atoms with E-state index >= 15 is 0 Å². The zero-order valence-electron chi connectivity index (χ0n) is 10.6. The van der Waals surface area contributed by atoms with E-state index in [2.05, 4.69) is 38.9 Å². The molecule has 98 valence electrons. The Balaban J connectivity index is 2.36. The van der Waals surface area contributed by atoms with Crippen LogP contribution >= 0.6 is 22.6 Å². The molecule has 0 radical (unpaired) electrons. The SMILES string of the molecule is COC(=O)c1cc(N2CCNCC2)cc(I)c1C. The minimum absolute atomic E-state index is 0.262. The molecule has 1 saturated heterocycles. The van der Waals surface area contributed by atoms with Crippen molar-refractivity contribution in [1.29, 1.82) is 0 Å². The fourth-order valence-electron chi connectivity index (χ4n) is 2.09. The van der Waals surface area contributed by atoms with Gasteiger partial charge in [-0.15, -0.1) is 0 Å². The predicted octanol–water partition coefficient (Wildman–Crippen LogP) is 1.80. The highest BCUT2D eigenvalue weighted by molar-refractivity contribution is 14.1. The molecule has 0 aliphatic carbocycles. The van der Waals surface area contributed by atoms with Gasteiger partial charge in [-0.25, -0.2) is 4.79 Å². The number of rotatable bonds is 2. The van der Waals surface area contributed by atoms with Crippen molar-refractivity contribution in [2.45, 2.75) is 6.92 Å². The Morgan fingerprint density at radius 1 is 1.39 bits per heavy atom. The quantitative estimate of drug-likeness (QED) is 0.645. The lowest BCUT2D eigenvalue weighted by Gasteiger charge is -2.30. The first-order chi connectivity index (χ1) is 8.63. The average molecular weight is 360 g/mol. The number of benzene rings is 1. The molecular weight excluding hydrogens is 343 g/mol. The Morgan fingerprint density at radius 2 is 2.06 bits per heavy atom. The maximum absolute atomic E-state index is 11.8. The molecule has 0 bridgehead atoms. The van der Waals surface area contributed by atoms with Crippen molar-refractivity contribution < 1.29 is 9.53 Å². The number of esters is 1. The second-order valence-corrected chi connectivity index (χ2v) is 5.49. The molecule has 2 rings (SSSR count). The van der Waals surface area contributed by atoms with Gasteiger partial charge in [-0.3, -0.25) is 0 Å². The van der Waals surface area contributed by atoms with Gasteiger partial charge in [-0.05, 0) is 47.2 Å². The van der Waals surface area contributed by atoms with Gasteiger partial charge in [-0.1, -0.05) is 0 Å². The minimum Gasteiger partial charge on any atom is -0.465 e. The van der Waals surface area contributed by atoms with Gasteiger partial charge in [0.2, 0.25) is 0 Å². The van der Waals surface area contributed by atoms with E-state index in [1.165, 1.54) is 7.11 Å². The molecule has 0 unspecified atom stereocenters. The number of piperazine rings is 1. The molecule has 1 aliphatic rings. The van der Waals surface area contributed by atoms with Crippen LogP contribution in [0.5, 0.6) is 0 Å². The highest BCUT2D eigenvalue weighted by Gasteiger charge is 2.17. The lowest BCUT2D eigenvalue weighted by molar-refractivity contribution is 0.0600. The molecule has 0 aromatic heterocycles. The molecule has 1 N–H and O–H groups in total. The topological polar surface area (TPSA) is 41.6 Å². The van der Waals surface area contributed by atoms with Crippen LogP contribution in [0.25, 0.3) is 0 Å². The number of hydrogen-bond acceptors (Lipinski definition) is 4. The first-order valence-electron chi connectivity index (χ1n) is 5.97. The highest BCUT2D eigenvalue weighted by Crippen LogP contribution is 2.25.